The molecule has 0 N–H and O–H groups in total. The fourth-order valence-corrected chi connectivity index (χ4v) is 6.87. The van der Waals surface area contributed by atoms with Crippen molar-refractivity contribution < 1.29 is 4.74 Å². The topological polar surface area (TPSA) is 12.5 Å². The summed E-state index contributed by atoms with van der Waals surface area (Å²) < 4.78 is 5.89. The fourth-order valence-electron chi connectivity index (χ4n) is 6.50. The molecule has 0 aromatic carbocycles. The summed E-state index contributed by atoms with van der Waals surface area (Å²) in [6, 6.07) is 0. The van der Waals surface area contributed by atoms with Gasteiger partial charge in [0.25, 0.3) is 0 Å². The summed E-state index contributed by atoms with van der Waals surface area (Å²) in [5.41, 5.74) is 0. The molecule has 4 bridgehead atoms. The van der Waals surface area contributed by atoms with Crippen LogP contribution in [0.1, 0.15) is 25.7 Å². The van der Waals surface area contributed by atoms with Gasteiger partial charge < -0.3 is 4.74 Å². The van der Waals surface area contributed by atoms with Gasteiger partial charge in [0.1, 0.15) is 5.75 Å². The van der Waals surface area contributed by atoms with Crippen LogP contribution in [-0.2, 0) is 17.4 Å². The molecule has 0 radical (unpaired) electrons. The van der Waals surface area contributed by atoms with Crippen molar-refractivity contribution in [1.29, 1.82) is 0 Å². The highest BCUT2D eigenvalue weighted by atomic mass is 32.1. The molecule has 4 aliphatic carbocycles. The summed E-state index contributed by atoms with van der Waals surface area (Å²) in [4.78, 5) is 0. The molecule has 5 aliphatic rings. The van der Waals surface area contributed by atoms with Crippen LogP contribution < -0.4 is 0 Å². The van der Waals surface area contributed by atoms with Gasteiger partial charge in [-0.25, -0.2) is 0 Å². The molecule has 0 spiro atoms. The van der Waals surface area contributed by atoms with Crippen LogP contribution in [0.2, 0.25) is 0 Å². The number of epoxide rings is 1. The van der Waals surface area contributed by atoms with Gasteiger partial charge >= 0.3 is 0 Å². The zero-order chi connectivity index (χ0) is 10.4. The Balaban J connectivity index is 1.48. The number of hydrogen-bond donors (Lipinski definition) is 0. The lowest BCUT2D eigenvalue weighted by Gasteiger charge is -2.36. The van der Waals surface area contributed by atoms with E-state index < -0.39 is 0 Å². The summed E-state index contributed by atoms with van der Waals surface area (Å²) in [6.45, 7) is 0. The van der Waals surface area contributed by atoms with E-state index in [1.807, 2.05) is 0 Å². The van der Waals surface area contributed by atoms with Crippen LogP contribution in [0.25, 0.3) is 0 Å². The first-order valence-corrected chi connectivity index (χ1v) is 7.89. The van der Waals surface area contributed by atoms with Crippen molar-refractivity contribution in [3.05, 3.63) is 0 Å². The zero-order valence-corrected chi connectivity index (χ0v) is 10.6. The fraction of sp³-hybridized carbons (Fsp3) is 1.00. The number of hydrogen-bond acceptors (Lipinski definition) is 1. The standard InChI is InChI=1S/C14H20OS/c16-2-1-6-3-7-4-8(6)12-10-5-9(11(7)12)13-14(10)15-13/h6-14,16H,1-5H2/p+1. The van der Waals surface area contributed by atoms with Gasteiger partial charge in [-0.2, -0.15) is 0 Å². The first-order chi connectivity index (χ1) is 7.88. The van der Waals surface area contributed by atoms with Crippen LogP contribution >= 0.6 is 0 Å². The Hall–Kier alpha value is 0.310. The van der Waals surface area contributed by atoms with E-state index in [1.54, 1.807) is 12.8 Å². The largest absolute Gasteiger partial charge is 0.369 e. The SMILES string of the molecule is [SH2+]CCC1CC2CC1C1C3CC(C4OC34)C21. The maximum absolute atomic E-state index is 5.89. The number of fused-ring (bicyclic) bond motifs is 12. The molecule has 0 amide bonds. The predicted octanol–water partition coefficient (Wildman–Crippen LogP) is 1.69. The highest BCUT2D eigenvalue weighted by Gasteiger charge is 2.73. The van der Waals surface area contributed by atoms with Crippen molar-refractivity contribution in [2.75, 3.05) is 5.75 Å². The highest BCUT2D eigenvalue weighted by molar-refractivity contribution is 7.58. The van der Waals surface area contributed by atoms with Gasteiger partial charge in [-0.05, 0) is 79.7 Å². The minimum absolute atomic E-state index is 0.731. The van der Waals surface area contributed by atoms with Gasteiger partial charge in [0, 0.05) is 0 Å². The molecule has 5 fully saturated rings. The van der Waals surface area contributed by atoms with Crippen LogP contribution in [0.3, 0.4) is 0 Å². The predicted molar refractivity (Wildman–Crippen MR) is 66.6 cm³/mol. The molecular formula is C14H21OS+. The van der Waals surface area contributed by atoms with Gasteiger partial charge in [-0.1, -0.05) is 0 Å². The van der Waals surface area contributed by atoms with Crippen LogP contribution in [0, 0.1) is 41.4 Å². The quantitative estimate of drug-likeness (QED) is 0.404. The second kappa shape index (κ2) is 2.83. The van der Waals surface area contributed by atoms with E-state index >= 15 is 0 Å². The summed E-state index contributed by atoms with van der Waals surface area (Å²) in [7, 11) is 0. The van der Waals surface area contributed by atoms with Crippen LogP contribution in [-0.4, -0.2) is 18.0 Å². The second-order valence-corrected chi connectivity index (χ2v) is 7.48. The molecule has 4 saturated carbocycles. The summed E-state index contributed by atoms with van der Waals surface area (Å²) in [5, 5.41) is 0. The maximum atomic E-state index is 5.89. The van der Waals surface area contributed by atoms with Crippen LogP contribution in [0.15, 0.2) is 0 Å². The lowest BCUT2D eigenvalue weighted by atomic mass is 9.67. The Bertz CT molecular complexity index is 342. The maximum Gasteiger partial charge on any atom is 0.103 e. The van der Waals surface area contributed by atoms with E-state index in [0.717, 1.165) is 53.6 Å². The van der Waals surface area contributed by atoms with Gasteiger partial charge in [0.15, 0.2) is 0 Å². The van der Waals surface area contributed by atoms with E-state index in [9.17, 15) is 0 Å². The second-order valence-electron chi connectivity index (χ2n) is 6.98. The van der Waals surface area contributed by atoms with Gasteiger partial charge in [-0.15, -0.1) is 0 Å². The monoisotopic (exact) mass is 237 g/mol. The van der Waals surface area contributed by atoms with Crippen LogP contribution in [0.5, 0.6) is 0 Å². The highest BCUT2D eigenvalue weighted by Crippen LogP contribution is 2.73. The van der Waals surface area contributed by atoms with Gasteiger partial charge in [0.05, 0.1) is 12.2 Å². The summed E-state index contributed by atoms with van der Waals surface area (Å²) in [6.07, 6.45) is 7.57. The molecule has 1 saturated heterocycles. The van der Waals surface area contributed by atoms with Crippen molar-refractivity contribution in [2.45, 2.75) is 37.9 Å². The third kappa shape index (κ3) is 0.892. The lowest BCUT2D eigenvalue weighted by molar-refractivity contribution is 0.118. The molecule has 0 aromatic heterocycles. The molecule has 16 heavy (non-hydrogen) atoms. The van der Waals surface area contributed by atoms with E-state index in [2.05, 4.69) is 12.6 Å². The molecule has 88 valence electrons. The first kappa shape index (κ1) is 9.27. The molecular weight excluding hydrogens is 216 g/mol. The molecule has 0 aromatic rings. The summed E-state index contributed by atoms with van der Waals surface area (Å²) >= 11 is 3.69. The Labute approximate surface area is 103 Å². The molecule has 1 heterocycles. The molecule has 9 atom stereocenters. The van der Waals surface area contributed by atoms with Gasteiger partial charge in [0.2, 0.25) is 0 Å². The molecule has 1 aliphatic heterocycles. The number of rotatable bonds is 2. The average Bonchev–Trinajstić information content (AvgIpc) is 2.67. The summed E-state index contributed by atoms with van der Waals surface area (Å²) in [5.74, 6) is 8.64. The Morgan fingerprint density at radius 3 is 2.56 bits per heavy atom. The molecule has 1 nitrogen and oxygen atoms in total. The Morgan fingerprint density at radius 1 is 0.938 bits per heavy atom. The minimum Gasteiger partial charge on any atom is -0.369 e. The lowest BCUT2D eigenvalue weighted by Crippen LogP contribution is -2.35. The van der Waals surface area contributed by atoms with Crippen LogP contribution in [0.4, 0.5) is 0 Å². The van der Waals surface area contributed by atoms with Crippen molar-refractivity contribution in [2.24, 2.45) is 41.4 Å². The third-order valence-corrected chi connectivity index (χ3v) is 7.01. The smallest absolute Gasteiger partial charge is 0.103 e. The van der Waals surface area contributed by atoms with Gasteiger partial charge in [-0.3, -0.25) is 0 Å². The first-order valence-electron chi connectivity index (χ1n) is 7.18. The third-order valence-electron chi connectivity index (χ3n) is 6.72. The Morgan fingerprint density at radius 2 is 1.75 bits per heavy atom. The number of ether oxygens (including phenoxy) is 1. The molecule has 9 unspecified atom stereocenters. The van der Waals surface area contributed by atoms with Crippen molar-refractivity contribution in [3.8, 4) is 0 Å². The Kier molecular flexibility index (Phi) is 1.64. The van der Waals surface area contributed by atoms with E-state index in [-0.39, 0.29) is 0 Å². The normalized spacial score (nSPS) is 68.4. The van der Waals surface area contributed by atoms with Crippen molar-refractivity contribution >= 4 is 12.6 Å². The van der Waals surface area contributed by atoms with Crippen molar-refractivity contribution in [1.82, 2.24) is 0 Å². The van der Waals surface area contributed by atoms with E-state index in [0.29, 0.717) is 0 Å². The average molecular weight is 237 g/mol. The molecule has 5 rings (SSSR count). The van der Waals surface area contributed by atoms with Crippen molar-refractivity contribution in [3.63, 3.8) is 0 Å². The molecule has 2 heteroatoms. The zero-order valence-electron chi connectivity index (χ0n) is 9.64. The minimum atomic E-state index is 0.731. The van der Waals surface area contributed by atoms with E-state index in [1.165, 1.54) is 18.6 Å². The van der Waals surface area contributed by atoms with E-state index in [4.69, 9.17) is 4.74 Å².